The molecular formula is C11H22N6. The second-order valence-electron chi connectivity index (χ2n) is 4.62. The van der Waals surface area contributed by atoms with Gasteiger partial charge in [0.25, 0.3) is 0 Å². The lowest BCUT2D eigenvalue weighted by molar-refractivity contribution is 0.134. The first-order chi connectivity index (χ1) is 8.29. The normalized spacial score (nSPS) is 21.9. The fraction of sp³-hybridized carbons (Fsp3) is 0.909. The topological polar surface area (TPSA) is 58.9 Å². The van der Waals surface area contributed by atoms with E-state index in [0.29, 0.717) is 6.04 Å². The molecule has 0 aromatic carbocycles. The smallest absolute Gasteiger partial charge is 0.188 e. The maximum Gasteiger partial charge on any atom is 0.188 e. The molecule has 6 nitrogen and oxygen atoms in total. The minimum absolute atomic E-state index is 0.618. The Balaban J connectivity index is 1.91. The van der Waals surface area contributed by atoms with Gasteiger partial charge in [-0.2, -0.15) is 4.80 Å². The van der Waals surface area contributed by atoms with Crippen LogP contribution in [-0.2, 0) is 13.6 Å². The number of likely N-dealkylation sites (tertiary alicyclic amines) is 1. The van der Waals surface area contributed by atoms with E-state index in [0.717, 1.165) is 32.0 Å². The SMILES string of the molecule is CCNCC1CCCCN1Cc1nnn(C)n1. The molecule has 2 rings (SSSR count). The van der Waals surface area contributed by atoms with Crippen molar-refractivity contribution in [3.8, 4) is 0 Å². The minimum Gasteiger partial charge on any atom is -0.315 e. The fourth-order valence-corrected chi connectivity index (χ4v) is 2.38. The van der Waals surface area contributed by atoms with Crippen molar-refractivity contribution >= 4 is 0 Å². The van der Waals surface area contributed by atoms with Crippen LogP contribution in [0.4, 0.5) is 0 Å². The van der Waals surface area contributed by atoms with Gasteiger partial charge < -0.3 is 5.32 Å². The fourth-order valence-electron chi connectivity index (χ4n) is 2.38. The summed E-state index contributed by atoms with van der Waals surface area (Å²) in [6.07, 6.45) is 3.89. The number of hydrogen-bond donors (Lipinski definition) is 1. The molecule has 1 saturated heterocycles. The van der Waals surface area contributed by atoms with Gasteiger partial charge in [-0.1, -0.05) is 13.3 Å². The number of nitrogens with one attached hydrogen (secondary N) is 1. The van der Waals surface area contributed by atoms with Gasteiger partial charge in [0.1, 0.15) is 0 Å². The maximum atomic E-state index is 4.25. The molecule has 1 aliphatic rings. The summed E-state index contributed by atoms with van der Waals surface area (Å²) in [6, 6.07) is 0.618. The van der Waals surface area contributed by atoms with Crippen molar-refractivity contribution < 1.29 is 0 Å². The second kappa shape index (κ2) is 6.07. The average Bonchev–Trinajstić information content (AvgIpc) is 2.74. The molecule has 1 aromatic heterocycles. The van der Waals surface area contributed by atoms with Gasteiger partial charge in [-0.05, 0) is 31.1 Å². The first-order valence-corrected chi connectivity index (χ1v) is 6.47. The molecule has 1 N–H and O–H groups in total. The second-order valence-corrected chi connectivity index (χ2v) is 4.62. The lowest BCUT2D eigenvalue weighted by Crippen LogP contribution is -2.45. The summed E-state index contributed by atoms with van der Waals surface area (Å²) < 4.78 is 0. The van der Waals surface area contributed by atoms with Crippen LogP contribution in [-0.4, -0.2) is 50.8 Å². The van der Waals surface area contributed by atoms with Crippen LogP contribution in [0.2, 0.25) is 0 Å². The van der Waals surface area contributed by atoms with Crippen molar-refractivity contribution in [3.05, 3.63) is 5.82 Å². The molecule has 17 heavy (non-hydrogen) atoms. The highest BCUT2D eigenvalue weighted by Crippen LogP contribution is 2.17. The number of hydrogen-bond acceptors (Lipinski definition) is 5. The number of tetrazole rings is 1. The predicted molar refractivity (Wildman–Crippen MR) is 65.4 cm³/mol. The Labute approximate surface area is 102 Å². The molecule has 0 saturated carbocycles. The molecule has 0 spiro atoms. The monoisotopic (exact) mass is 238 g/mol. The standard InChI is InChI=1S/C11H22N6/c1-3-12-8-10-6-4-5-7-17(10)9-11-13-15-16(2)14-11/h10,12H,3-9H2,1-2H3. The summed E-state index contributed by atoms with van der Waals surface area (Å²) in [7, 11) is 1.81. The molecule has 0 aliphatic carbocycles. The van der Waals surface area contributed by atoms with E-state index in [4.69, 9.17) is 0 Å². The van der Waals surface area contributed by atoms with Crippen LogP contribution in [0, 0.1) is 0 Å². The summed E-state index contributed by atoms with van der Waals surface area (Å²) in [4.78, 5) is 4.00. The third-order valence-electron chi connectivity index (χ3n) is 3.27. The van der Waals surface area contributed by atoms with Crippen LogP contribution in [0.3, 0.4) is 0 Å². The summed E-state index contributed by atoms with van der Waals surface area (Å²) in [6.45, 7) is 6.22. The van der Waals surface area contributed by atoms with E-state index in [1.54, 1.807) is 0 Å². The largest absolute Gasteiger partial charge is 0.315 e. The van der Waals surface area contributed by atoms with Crippen molar-refractivity contribution in [2.75, 3.05) is 19.6 Å². The van der Waals surface area contributed by atoms with E-state index in [2.05, 4.69) is 32.6 Å². The Bertz CT molecular complexity index is 336. The van der Waals surface area contributed by atoms with E-state index >= 15 is 0 Å². The number of piperidine rings is 1. The highest BCUT2D eigenvalue weighted by Gasteiger charge is 2.23. The van der Waals surface area contributed by atoms with Crippen LogP contribution < -0.4 is 5.32 Å². The summed E-state index contributed by atoms with van der Waals surface area (Å²) >= 11 is 0. The number of nitrogens with zero attached hydrogens (tertiary/aromatic N) is 5. The number of rotatable bonds is 5. The molecule has 1 unspecified atom stereocenters. The molecule has 1 atom stereocenters. The number of likely N-dealkylation sites (N-methyl/N-ethyl adjacent to an activating group) is 1. The molecule has 96 valence electrons. The van der Waals surface area contributed by atoms with Gasteiger partial charge in [-0.3, -0.25) is 4.90 Å². The maximum absolute atomic E-state index is 4.25. The Morgan fingerprint density at radius 3 is 3.00 bits per heavy atom. The van der Waals surface area contributed by atoms with Gasteiger partial charge >= 0.3 is 0 Å². The van der Waals surface area contributed by atoms with E-state index in [9.17, 15) is 0 Å². The third-order valence-corrected chi connectivity index (χ3v) is 3.27. The lowest BCUT2D eigenvalue weighted by atomic mass is 10.0. The van der Waals surface area contributed by atoms with Gasteiger partial charge in [-0.25, -0.2) is 0 Å². The van der Waals surface area contributed by atoms with E-state index in [-0.39, 0.29) is 0 Å². The van der Waals surface area contributed by atoms with Gasteiger partial charge in [0.15, 0.2) is 5.82 Å². The van der Waals surface area contributed by atoms with Crippen LogP contribution in [0.1, 0.15) is 32.0 Å². The van der Waals surface area contributed by atoms with Crippen molar-refractivity contribution in [1.82, 2.24) is 30.4 Å². The van der Waals surface area contributed by atoms with Crippen LogP contribution >= 0.6 is 0 Å². The molecule has 6 heteroatoms. The first kappa shape index (κ1) is 12.4. The van der Waals surface area contributed by atoms with Gasteiger partial charge in [0.2, 0.25) is 0 Å². The summed E-state index contributed by atoms with van der Waals surface area (Å²) in [5, 5.41) is 15.6. The zero-order chi connectivity index (χ0) is 12.1. The summed E-state index contributed by atoms with van der Waals surface area (Å²) in [5.74, 6) is 0.830. The minimum atomic E-state index is 0.618. The predicted octanol–water partition coefficient (Wildman–Crippen LogP) is 0.174. The van der Waals surface area contributed by atoms with Crippen molar-refractivity contribution in [3.63, 3.8) is 0 Å². The molecular weight excluding hydrogens is 216 g/mol. The molecule has 1 aliphatic heterocycles. The summed E-state index contributed by atoms with van der Waals surface area (Å²) in [5.41, 5.74) is 0. The van der Waals surface area contributed by atoms with Crippen molar-refractivity contribution in [2.24, 2.45) is 7.05 Å². The zero-order valence-electron chi connectivity index (χ0n) is 10.8. The first-order valence-electron chi connectivity index (χ1n) is 6.47. The van der Waals surface area contributed by atoms with E-state index in [1.807, 2.05) is 7.05 Å². The third kappa shape index (κ3) is 3.47. The number of aryl methyl sites for hydroxylation is 1. The van der Waals surface area contributed by atoms with Gasteiger partial charge in [0, 0.05) is 12.6 Å². The molecule has 2 heterocycles. The quantitative estimate of drug-likeness (QED) is 0.792. The van der Waals surface area contributed by atoms with Crippen LogP contribution in [0.25, 0.3) is 0 Å². The highest BCUT2D eigenvalue weighted by atomic mass is 15.6. The van der Waals surface area contributed by atoms with Gasteiger partial charge in [0.05, 0.1) is 13.6 Å². The highest BCUT2D eigenvalue weighted by molar-refractivity contribution is 4.84. The van der Waals surface area contributed by atoms with E-state index < -0.39 is 0 Å². The molecule has 1 aromatic rings. The molecule has 1 fully saturated rings. The molecule has 0 radical (unpaired) electrons. The zero-order valence-corrected chi connectivity index (χ0v) is 10.8. The molecule has 0 bridgehead atoms. The lowest BCUT2D eigenvalue weighted by Gasteiger charge is -2.34. The average molecular weight is 238 g/mol. The van der Waals surface area contributed by atoms with Gasteiger partial charge in [-0.15, -0.1) is 10.2 Å². The Morgan fingerprint density at radius 2 is 2.29 bits per heavy atom. The van der Waals surface area contributed by atoms with Crippen molar-refractivity contribution in [1.29, 1.82) is 0 Å². The molecule has 0 amide bonds. The Hall–Kier alpha value is -1.01. The number of aromatic nitrogens is 4. The van der Waals surface area contributed by atoms with Crippen molar-refractivity contribution in [2.45, 2.75) is 38.8 Å². The Morgan fingerprint density at radius 1 is 1.41 bits per heavy atom. The Kier molecular flexibility index (Phi) is 4.44. The van der Waals surface area contributed by atoms with E-state index in [1.165, 1.54) is 24.1 Å². The van der Waals surface area contributed by atoms with Crippen LogP contribution in [0.5, 0.6) is 0 Å². The van der Waals surface area contributed by atoms with Crippen LogP contribution in [0.15, 0.2) is 0 Å².